The number of rotatable bonds is 7. The van der Waals surface area contributed by atoms with Crippen LogP contribution in [0.2, 0.25) is 0 Å². The summed E-state index contributed by atoms with van der Waals surface area (Å²) in [7, 11) is -3.83. The minimum atomic E-state index is -3.83. The fraction of sp³-hybridized carbons (Fsp3) is 0.481. The first kappa shape index (κ1) is 26.9. The molecule has 1 saturated heterocycles. The highest BCUT2D eigenvalue weighted by Crippen LogP contribution is 2.54. The molecule has 38 heavy (non-hydrogen) atoms. The summed E-state index contributed by atoms with van der Waals surface area (Å²) in [6.07, 6.45) is 1.27. The molecule has 204 valence electrons. The second-order valence-corrected chi connectivity index (χ2v) is 13.0. The molecule has 0 radical (unpaired) electrons. The Hall–Kier alpha value is -2.73. The summed E-state index contributed by atoms with van der Waals surface area (Å²) in [6, 6.07) is 10.6. The Labute approximate surface area is 220 Å². The van der Waals surface area contributed by atoms with Gasteiger partial charge in [0.2, 0.25) is 10.0 Å². The van der Waals surface area contributed by atoms with Crippen LogP contribution in [-0.2, 0) is 28.4 Å². The smallest absolute Gasteiger partial charge is 0.221 e. The molecule has 0 amide bonds. The summed E-state index contributed by atoms with van der Waals surface area (Å²) in [5.41, 5.74) is -1.85. The number of halogens is 2. The fourth-order valence-electron chi connectivity index (χ4n) is 6.23. The molecule has 11 heteroatoms. The molecule has 0 spiro atoms. The van der Waals surface area contributed by atoms with Crippen molar-refractivity contribution in [3.63, 3.8) is 0 Å². The van der Waals surface area contributed by atoms with Crippen molar-refractivity contribution >= 4 is 10.0 Å². The normalized spacial score (nSPS) is 30.1. The van der Waals surface area contributed by atoms with Crippen molar-refractivity contribution in [2.75, 3.05) is 0 Å². The van der Waals surface area contributed by atoms with Crippen LogP contribution >= 0.6 is 0 Å². The third-order valence-electron chi connectivity index (χ3n) is 8.07. The molecule has 3 aromatic rings. The monoisotopic (exact) mass is 546 g/mol. The van der Waals surface area contributed by atoms with Gasteiger partial charge in [0.05, 0.1) is 11.7 Å². The van der Waals surface area contributed by atoms with Crippen molar-refractivity contribution in [1.82, 2.24) is 19.5 Å². The number of sulfonamides is 1. The Morgan fingerprint density at radius 2 is 1.87 bits per heavy atom. The van der Waals surface area contributed by atoms with Gasteiger partial charge < -0.3 is 10.2 Å². The quantitative estimate of drug-likeness (QED) is 0.417. The molecule has 3 N–H and O–H groups in total. The summed E-state index contributed by atoms with van der Waals surface area (Å²) in [4.78, 5) is 4.01. The molecule has 2 unspecified atom stereocenters. The van der Waals surface area contributed by atoms with E-state index in [1.807, 2.05) is 6.07 Å². The van der Waals surface area contributed by atoms with Crippen molar-refractivity contribution in [1.29, 1.82) is 0 Å². The number of aliphatic hydroxyl groups excluding tert-OH is 1. The lowest BCUT2D eigenvalue weighted by atomic mass is 9.53. The first-order chi connectivity index (χ1) is 17.9. The first-order valence-electron chi connectivity index (χ1n) is 12.7. The Morgan fingerprint density at radius 3 is 2.50 bits per heavy atom. The van der Waals surface area contributed by atoms with Crippen molar-refractivity contribution in [3.8, 4) is 0 Å². The van der Waals surface area contributed by atoms with Crippen molar-refractivity contribution in [2.45, 2.75) is 80.9 Å². The van der Waals surface area contributed by atoms with Crippen LogP contribution in [0.25, 0.3) is 0 Å². The molecule has 2 heterocycles. The van der Waals surface area contributed by atoms with E-state index in [1.54, 1.807) is 38.1 Å². The van der Waals surface area contributed by atoms with Crippen LogP contribution in [0.3, 0.4) is 0 Å². The van der Waals surface area contributed by atoms with Gasteiger partial charge in [-0.3, -0.25) is 5.10 Å². The van der Waals surface area contributed by atoms with Gasteiger partial charge >= 0.3 is 0 Å². The van der Waals surface area contributed by atoms with E-state index < -0.39 is 44.0 Å². The predicted octanol–water partition coefficient (Wildman–Crippen LogP) is 3.52. The van der Waals surface area contributed by atoms with Crippen LogP contribution in [0.5, 0.6) is 0 Å². The van der Waals surface area contributed by atoms with Crippen LogP contribution in [0.4, 0.5) is 8.78 Å². The molecular formula is C27H32F2N4O4S. The van der Waals surface area contributed by atoms with Gasteiger partial charge in [-0.25, -0.2) is 22.2 Å². The topological polar surface area (TPSA) is 119 Å². The number of H-pyrrole nitrogens is 1. The largest absolute Gasteiger partial charge is 0.392 e. The summed E-state index contributed by atoms with van der Waals surface area (Å²) < 4.78 is 59.6. The van der Waals surface area contributed by atoms with E-state index in [4.69, 9.17) is 0 Å². The van der Waals surface area contributed by atoms with Gasteiger partial charge in [-0.15, -0.1) is 0 Å². The second-order valence-electron chi connectivity index (χ2n) is 11.0. The Morgan fingerprint density at radius 1 is 1.16 bits per heavy atom. The zero-order valence-electron chi connectivity index (χ0n) is 21.3. The maximum atomic E-state index is 15.7. The maximum absolute atomic E-state index is 15.7. The number of nitrogens with zero attached hydrogens (tertiary/aromatic N) is 3. The molecule has 0 bridgehead atoms. The molecule has 5 rings (SSSR count). The Kier molecular flexibility index (Phi) is 6.91. The van der Waals surface area contributed by atoms with E-state index in [0.717, 1.165) is 12.1 Å². The molecule has 1 aliphatic carbocycles. The third-order valence-corrected chi connectivity index (χ3v) is 10.4. The fourth-order valence-corrected chi connectivity index (χ4v) is 8.41. The summed E-state index contributed by atoms with van der Waals surface area (Å²) in [5, 5.41) is 27.3. The molecule has 3 atom stereocenters. The SMILES string of the molecule is CC1CCC(c2ccccc2)S(=O)(=O)N1Cc1cc(F)c([C@]2([C@@H](O)Cc3nc[nH]n3)C[C@](C)(O)C2)cc1F. The van der Waals surface area contributed by atoms with Crippen LogP contribution in [0.1, 0.15) is 67.3 Å². The van der Waals surface area contributed by atoms with Gasteiger partial charge in [-0.05, 0) is 62.8 Å². The molecule has 1 saturated carbocycles. The summed E-state index contributed by atoms with van der Waals surface area (Å²) >= 11 is 0. The second kappa shape index (κ2) is 9.78. The predicted molar refractivity (Wildman–Crippen MR) is 136 cm³/mol. The van der Waals surface area contributed by atoms with E-state index in [2.05, 4.69) is 15.2 Å². The lowest BCUT2D eigenvalue weighted by Gasteiger charge is -2.54. The lowest BCUT2D eigenvalue weighted by molar-refractivity contribution is -0.122. The lowest BCUT2D eigenvalue weighted by Crippen LogP contribution is -2.59. The average molecular weight is 547 g/mol. The van der Waals surface area contributed by atoms with E-state index >= 15 is 8.78 Å². The van der Waals surface area contributed by atoms with Gasteiger partial charge in [-0.2, -0.15) is 9.40 Å². The standard InChI is InChI=1S/C27H32F2N4O4S/c1-17-8-9-23(18-6-4-3-5-7-18)38(36,37)33(17)13-19-10-22(29)20(11-21(19)28)27(14-26(2,35)15-27)24(34)12-25-30-16-31-32-25/h3-7,10-11,16-17,23-24,34-35H,8-9,12-15H2,1-2H3,(H,30,31,32)/t17?,23?,24-,26-,27-/m0/s1. The van der Waals surface area contributed by atoms with Gasteiger partial charge in [0.1, 0.15) is 23.2 Å². The molecule has 2 aromatic carbocycles. The van der Waals surface area contributed by atoms with Gasteiger partial charge in [0, 0.05) is 30.0 Å². The number of aromatic amines is 1. The molecule has 2 fully saturated rings. The molecule has 8 nitrogen and oxygen atoms in total. The van der Waals surface area contributed by atoms with E-state index in [0.29, 0.717) is 24.2 Å². The minimum absolute atomic E-state index is 0.00714. The first-order valence-corrected chi connectivity index (χ1v) is 14.2. The highest BCUT2D eigenvalue weighted by molar-refractivity contribution is 7.89. The van der Waals surface area contributed by atoms with E-state index in [9.17, 15) is 18.6 Å². The van der Waals surface area contributed by atoms with Crippen LogP contribution in [-0.4, -0.2) is 55.9 Å². The Balaban J connectivity index is 1.45. The molecule has 1 aromatic heterocycles. The number of hydrogen-bond acceptors (Lipinski definition) is 6. The zero-order valence-corrected chi connectivity index (χ0v) is 22.1. The number of nitrogens with one attached hydrogen (secondary N) is 1. The number of benzene rings is 2. The number of aromatic nitrogens is 3. The molecule has 2 aliphatic rings. The summed E-state index contributed by atoms with van der Waals surface area (Å²) in [5.74, 6) is -1.20. The average Bonchev–Trinajstić information content (AvgIpc) is 3.35. The summed E-state index contributed by atoms with van der Waals surface area (Å²) in [6.45, 7) is 3.05. The van der Waals surface area contributed by atoms with Crippen LogP contribution in [0, 0.1) is 11.6 Å². The third kappa shape index (κ3) is 4.76. The van der Waals surface area contributed by atoms with Crippen LogP contribution < -0.4 is 0 Å². The van der Waals surface area contributed by atoms with Crippen molar-refractivity contribution < 1.29 is 27.4 Å². The van der Waals surface area contributed by atoms with Crippen molar-refractivity contribution in [2.24, 2.45) is 0 Å². The highest BCUT2D eigenvalue weighted by atomic mass is 32.2. The van der Waals surface area contributed by atoms with Gasteiger partial charge in [-0.1, -0.05) is 30.3 Å². The van der Waals surface area contributed by atoms with Crippen LogP contribution in [0.15, 0.2) is 48.8 Å². The number of aliphatic hydroxyl groups is 2. The van der Waals surface area contributed by atoms with E-state index in [-0.39, 0.29) is 43.0 Å². The van der Waals surface area contributed by atoms with E-state index in [1.165, 1.54) is 10.6 Å². The van der Waals surface area contributed by atoms with Gasteiger partial charge in [0.25, 0.3) is 0 Å². The maximum Gasteiger partial charge on any atom is 0.221 e. The molecule has 1 aliphatic heterocycles. The molecular weight excluding hydrogens is 514 g/mol. The van der Waals surface area contributed by atoms with Gasteiger partial charge in [0.15, 0.2) is 5.82 Å². The zero-order chi connectivity index (χ0) is 27.3. The minimum Gasteiger partial charge on any atom is -0.392 e. The van der Waals surface area contributed by atoms with Crippen molar-refractivity contribution in [3.05, 3.63) is 82.9 Å². The number of hydrogen-bond donors (Lipinski definition) is 3. The highest BCUT2D eigenvalue weighted by Gasteiger charge is 2.57. The Bertz CT molecular complexity index is 1390.